The highest BCUT2D eigenvalue weighted by Gasteiger charge is 2.16. The van der Waals surface area contributed by atoms with Gasteiger partial charge in [0.05, 0.1) is 5.69 Å². The van der Waals surface area contributed by atoms with Gasteiger partial charge in [0.2, 0.25) is 0 Å². The molecule has 0 fully saturated rings. The third-order valence-electron chi connectivity index (χ3n) is 3.52. The molecular weight excluding hydrogens is 305 g/mol. The molecule has 0 unspecified atom stereocenters. The van der Waals surface area contributed by atoms with E-state index in [9.17, 15) is 18.0 Å². The predicted molar refractivity (Wildman–Crippen MR) is 84.2 cm³/mol. The Balaban J connectivity index is 2.22. The van der Waals surface area contributed by atoms with Crippen molar-refractivity contribution >= 4 is 17.4 Å². The molecule has 0 saturated heterocycles. The minimum atomic E-state index is -1.62. The fraction of sp³-hybridized carbons (Fsp3) is 0.235. The van der Waals surface area contributed by atoms with E-state index in [-0.39, 0.29) is 0 Å². The van der Waals surface area contributed by atoms with Crippen molar-refractivity contribution in [2.45, 2.75) is 26.7 Å². The van der Waals surface area contributed by atoms with Gasteiger partial charge in [0, 0.05) is 5.69 Å². The summed E-state index contributed by atoms with van der Waals surface area (Å²) >= 11 is 0. The lowest BCUT2D eigenvalue weighted by Crippen LogP contribution is -2.22. The normalized spacial score (nSPS) is 10.5. The first-order valence-corrected chi connectivity index (χ1v) is 7.30. The van der Waals surface area contributed by atoms with Crippen LogP contribution in [-0.2, 0) is 12.8 Å². The Kier molecular flexibility index (Phi) is 5.26. The summed E-state index contributed by atoms with van der Waals surface area (Å²) in [6.45, 7) is 3.90. The van der Waals surface area contributed by atoms with Gasteiger partial charge in [-0.2, -0.15) is 0 Å². The Morgan fingerprint density at radius 2 is 1.52 bits per heavy atom. The summed E-state index contributed by atoms with van der Waals surface area (Å²) in [5.41, 5.74) is 2.10. The summed E-state index contributed by atoms with van der Waals surface area (Å²) in [6, 6.07) is 6.67. The van der Waals surface area contributed by atoms with Crippen molar-refractivity contribution in [1.82, 2.24) is 0 Å². The zero-order chi connectivity index (χ0) is 17.0. The van der Waals surface area contributed by atoms with E-state index in [4.69, 9.17) is 0 Å². The third-order valence-corrected chi connectivity index (χ3v) is 3.52. The average molecular weight is 322 g/mol. The molecule has 0 bridgehead atoms. The number of para-hydroxylation sites is 1. The number of hydrogen-bond acceptors (Lipinski definition) is 1. The zero-order valence-electron chi connectivity index (χ0n) is 12.8. The Labute approximate surface area is 132 Å². The zero-order valence-corrected chi connectivity index (χ0v) is 12.8. The van der Waals surface area contributed by atoms with Crippen LogP contribution in [0.5, 0.6) is 0 Å². The number of anilines is 2. The van der Waals surface area contributed by atoms with Crippen molar-refractivity contribution in [2.24, 2.45) is 0 Å². The molecule has 122 valence electrons. The summed E-state index contributed by atoms with van der Waals surface area (Å²) < 4.78 is 39.7. The lowest BCUT2D eigenvalue weighted by molar-refractivity contribution is 0.262. The van der Waals surface area contributed by atoms with E-state index in [1.165, 1.54) is 0 Å². The average Bonchev–Trinajstić information content (AvgIpc) is 2.55. The van der Waals surface area contributed by atoms with E-state index in [0.717, 1.165) is 23.3 Å². The molecule has 2 amide bonds. The Morgan fingerprint density at radius 3 is 2.09 bits per heavy atom. The van der Waals surface area contributed by atoms with Gasteiger partial charge in [0.25, 0.3) is 0 Å². The minimum Gasteiger partial charge on any atom is -0.307 e. The van der Waals surface area contributed by atoms with E-state index >= 15 is 0 Å². The van der Waals surface area contributed by atoms with Crippen LogP contribution in [0.25, 0.3) is 0 Å². The minimum absolute atomic E-state index is 0.423. The molecule has 2 aromatic carbocycles. The van der Waals surface area contributed by atoms with Gasteiger partial charge < -0.3 is 10.6 Å². The number of nitrogens with one attached hydrogen (secondary N) is 2. The topological polar surface area (TPSA) is 41.1 Å². The molecule has 2 aromatic rings. The summed E-state index contributed by atoms with van der Waals surface area (Å²) in [5.74, 6) is -4.36. The monoisotopic (exact) mass is 322 g/mol. The smallest absolute Gasteiger partial charge is 0.307 e. The van der Waals surface area contributed by atoms with Crippen LogP contribution >= 0.6 is 0 Å². The number of aryl methyl sites for hydroxylation is 2. The van der Waals surface area contributed by atoms with Gasteiger partial charge in [-0.15, -0.1) is 0 Å². The summed E-state index contributed by atoms with van der Waals surface area (Å²) in [5, 5.41) is 4.86. The quantitative estimate of drug-likeness (QED) is 0.775. The molecule has 0 spiro atoms. The van der Waals surface area contributed by atoms with Crippen molar-refractivity contribution < 1.29 is 18.0 Å². The van der Waals surface area contributed by atoms with Crippen molar-refractivity contribution in [3.63, 3.8) is 0 Å². The van der Waals surface area contributed by atoms with E-state index in [2.05, 4.69) is 10.6 Å². The van der Waals surface area contributed by atoms with Crippen LogP contribution in [-0.4, -0.2) is 6.03 Å². The molecule has 0 saturated carbocycles. The highest BCUT2D eigenvalue weighted by atomic mass is 19.2. The van der Waals surface area contributed by atoms with Crippen LogP contribution in [0.2, 0.25) is 0 Å². The van der Waals surface area contributed by atoms with Crippen LogP contribution in [0.4, 0.5) is 29.3 Å². The van der Waals surface area contributed by atoms with Crippen LogP contribution in [0.1, 0.15) is 25.0 Å². The first kappa shape index (κ1) is 16.9. The Morgan fingerprint density at radius 1 is 0.913 bits per heavy atom. The van der Waals surface area contributed by atoms with Gasteiger partial charge in [-0.05, 0) is 36.1 Å². The first-order valence-electron chi connectivity index (χ1n) is 7.30. The van der Waals surface area contributed by atoms with Crippen LogP contribution in [0.3, 0.4) is 0 Å². The molecule has 0 radical (unpaired) electrons. The summed E-state index contributed by atoms with van der Waals surface area (Å²) in [6.07, 6.45) is 1.42. The highest BCUT2D eigenvalue weighted by Crippen LogP contribution is 2.24. The van der Waals surface area contributed by atoms with Crippen molar-refractivity contribution in [3.05, 3.63) is 58.9 Å². The van der Waals surface area contributed by atoms with E-state index in [1.54, 1.807) is 0 Å². The SMILES string of the molecule is CCc1cccc(CC)c1NC(=O)Nc1ccc(F)c(F)c1F. The lowest BCUT2D eigenvalue weighted by atomic mass is 10.0. The highest BCUT2D eigenvalue weighted by molar-refractivity contribution is 6.00. The molecule has 0 aliphatic rings. The van der Waals surface area contributed by atoms with Gasteiger partial charge >= 0.3 is 6.03 Å². The van der Waals surface area contributed by atoms with E-state index < -0.39 is 29.2 Å². The molecule has 23 heavy (non-hydrogen) atoms. The molecule has 0 aromatic heterocycles. The molecule has 0 heterocycles. The van der Waals surface area contributed by atoms with Crippen molar-refractivity contribution in [2.75, 3.05) is 10.6 Å². The molecule has 6 heteroatoms. The number of amides is 2. The first-order chi connectivity index (χ1) is 11.0. The molecule has 3 nitrogen and oxygen atoms in total. The Hall–Kier alpha value is -2.50. The van der Waals surface area contributed by atoms with Crippen molar-refractivity contribution in [3.8, 4) is 0 Å². The van der Waals surface area contributed by atoms with Gasteiger partial charge in [-0.1, -0.05) is 32.0 Å². The summed E-state index contributed by atoms with van der Waals surface area (Å²) in [7, 11) is 0. The fourth-order valence-electron chi connectivity index (χ4n) is 2.29. The standard InChI is InChI=1S/C17H17F3N2O/c1-3-10-6-5-7-11(4-2)16(10)22-17(23)21-13-9-8-12(18)14(19)15(13)20/h5-9H,3-4H2,1-2H3,(H2,21,22,23). The van der Waals surface area contributed by atoms with Gasteiger partial charge in [-0.3, -0.25) is 0 Å². The summed E-state index contributed by atoms with van der Waals surface area (Å²) in [4.78, 5) is 12.1. The second-order valence-corrected chi connectivity index (χ2v) is 4.96. The molecule has 0 atom stereocenters. The van der Waals surface area contributed by atoms with E-state index in [0.29, 0.717) is 18.5 Å². The molecule has 0 aliphatic carbocycles. The van der Waals surface area contributed by atoms with E-state index in [1.807, 2.05) is 32.0 Å². The van der Waals surface area contributed by atoms with Gasteiger partial charge in [-0.25, -0.2) is 18.0 Å². The maximum absolute atomic E-state index is 13.6. The number of carbonyl (C=O) groups excluding carboxylic acids is 1. The lowest BCUT2D eigenvalue weighted by Gasteiger charge is -2.15. The largest absolute Gasteiger partial charge is 0.323 e. The second-order valence-electron chi connectivity index (χ2n) is 4.96. The number of rotatable bonds is 4. The van der Waals surface area contributed by atoms with Crippen molar-refractivity contribution in [1.29, 1.82) is 0 Å². The number of halogens is 3. The molecular formula is C17H17F3N2O. The maximum Gasteiger partial charge on any atom is 0.323 e. The predicted octanol–water partition coefficient (Wildman–Crippen LogP) is 4.87. The molecule has 2 rings (SSSR count). The number of benzene rings is 2. The van der Waals surface area contributed by atoms with Crippen LogP contribution < -0.4 is 10.6 Å². The number of urea groups is 1. The van der Waals surface area contributed by atoms with Crippen LogP contribution in [0, 0.1) is 17.5 Å². The van der Waals surface area contributed by atoms with Gasteiger partial charge in [0.1, 0.15) is 0 Å². The number of hydrogen-bond donors (Lipinski definition) is 2. The second kappa shape index (κ2) is 7.17. The number of carbonyl (C=O) groups is 1. The fourth-order valence-corrected chi connectivity index (χ4v) is 2.29. The van der Waals surface area contributed by atoms with Gasteiger partial charge in [0.15, 0.2) is 17.5 Å². The molecule has 0 aliphatic heterocycles. The third kappa shape index (κ3) is 3.64. The Bertz CT molecular complexity index is 710. The maximum atomic E-state index is 13.6. The molecule has 2 N–H and O–H groups in total. The van der Waals surface area contributed by atoms with Crippen LogP contribution in [0.15, 0.2) is 30.3 Å².